The summed E-state index contributed by atoms with van der Waals surface area (Å²) >= 11 is 0. The number of rotatable bonds is 2. The van der Waals surface area contributed by atoms with E-state index >= 15 is 0 Å². The molecule has 1 atom stereocenters. The number of piperidine rings is 1. The second-order valence-electron chi connectivity index (χ2n) is 6.40. The highest BCUT2D eigenvalue weighted by atomic mass is 32.2. The third kappa shape index (κ3) is 3.97. The molecule has 1 amide bonds. The molecule has 1 aliphatic heterocycles. The average molecular weight is 326 g/mol. The van der Waals surface area contributed by atoms with Crippen LogP contribution in [0.2, 0.25) is 0 Å². The second kappa shape index (κ2) is 6.24. The van der Waals surface area contributed by atoms with E-state index in [9.17, 15) is 13.2 Å². The molecule has 0 radical (unpaired) electrons. The largest absolute Gasteiger partial charge is 0.444 e. The van der Waals surface area contributed by atoms with Crippen LogP contribution in [-0.2, 0) is 14.6 Å². The Bertz CT molecular complexity index is 623. The summed E-state index contributed by atoms with van der Waals surface area (Å²) < 4.78 is 30.5. The van der Waals surface area contributed by atoms with Gasteiger partial charge in [-0.25, -0.2) is 18.2 Å². The molecule has 1 saturated heterocycles. The summed E-state index contributed by atoms with van der Waals surface area (Å²) in [5, 5.41) is -0.574. The Labute approximate surface area is 131 Å². The zero-order valence-corrected chi connectivity index (χ0v) is 14.0. The minimum atomic E-state index is -3.53. The molecule has 0 saturated carbocycles. The van der Waals surface area contributed by atoms with Gasteiger partial charge in [0.25, 0.3) is 0 Å². The summed E-state index contributed by atoms with van der Waals surface area (Å²) in [6, 6.07) is 4.81. The number of hydrogen-bond donors (Lipinski definition) is 0. The van der Waals surface area contributed by atoms with Crippen LogP contribution >= 0.6 is 0 Å². The first kappa shape index (κ1) is 16.7. The molecule has 0 aliphatic carbocycles. The monoisotopic (exact) mass is 326 g/mol. The fourth-order valence-electron chi connectivity index (χ4n) is 2.37. The first-order valence-electron chi connectivity index (χ1n) is 7.33. The highest BCUT2D eigenvalue weighted by molar-refractivity contribution is 7.92. The molecule has 0 aromatic carbocycles. The molecule has 0 spiro atoms. The minimum absolute atomic E-state index is 0.0611. The highest BCUT2D eigenvalue weighted by Crippen LogP contribution is 2.23. The zero-order valence-electron chi connectivity index (χ0n) is 13.2. The zero-order chi connectivity index (χ0) is 16.4. The Kier molecular flexibility index (Phi) is 4.75. The lowest BCUT2D eigenvalue weighted by Crippen LogP contribution is -2.47. The van der Waals surface area contributed by atoms with Crippen LogP contribution in [0.4, 0.5) is 4.79 Å². The molecule has 0 N–H and O–H groups in total. The fourth-order valence-corrected chi connectivity index (χ4v) is 4.04. The van der Waals surface area contributed by atoms with Crippen molar-refractivity contribution in [1.82, 2.24) is 9.88 Å². The first-order valence-corrected chi connectivity index (χ1v) is 8.87. The molecule has 2 heterocycles. The Hall–Kier alpha value is -1.63. The normalized spacial score (nSPS) is 19.8. The van der Waals surface area contributed by atoms with E-state index in [4.69, 9.17) is 4.74 Å². The predicted octanol–water partition coefficient (Wildman–Crippen LogP) is 2.25. The summed E-state index contributed by atoms with van der Waals surface area (Å²) in [4.78, 5) is 17.5. The van der Waals surface area contributed by atoms with Gasteiger partial charge in [-0.2, -0.15) is 0 Å². The van der Waals surface area contributed by atoms with Gasteiger partial charge in [-0.1, -0.05) is 6.07 Å². The van der Waals surface area contributed by atoms with Crippen LogP contribution in [0.1, 0.15) is 33.6 Å². The second-order valence-corrected chi connectivity index (χ2v) is 8.58. The molecule has 22 heavy (non-hydrogen) atoms. The van der Waals surface area contributed by atoms with Gasteiger partial charge in [0.15, 0.2) is 14.9 Å². The first-order chi connectivity index (χ1) is 10.2. The smallest absolute Gasteiger partial charge is 0.410 e. The Morgan fingerprint density at radius 3 is 2.68 bits per heavy atom. The molecule has 0 bridgehead atoms. The van der Waals surface area contributed by atoms with Gasteiger partial charge < -0.3 is 9.64 Å². The Morgan fingerprint density at radius 1 is 1.36 bits per heavy atom. The van der Waals surface area contributed by atoms with Gasteiger partial charge in [0.1, 0.15) is 5.60 Å². The summed E-state index contributed by atoms with van der Waals surface area (Å²) in [6.07, 6.45) is 2.16. The maximum atomic E-state index is 12.6. The average Bonchev–Trinajstić information content (AvgIpc) is 2.46. The van der Waals surface area contributed by atoms with Crippen molar-refractivity contribution in [3.05, 3.63) is 24.4 Å². The van der Waals surface area contributed by atoms with E-state index in [1.165, 1.54) is 17.2 Å². The Balaban J connectivity index is 2.12. The number of likely N-dealkylation sites (tertiary alicyclic amines) is 1. The molecule has 7 heteroatoms. The molecule has 1 fully saturated rings. The lowest BCUT2D eigenvalue weighted by Gasteiger charge is -2.33. The number of nitrogens with zero attached hydrogens (tertiary/aromatic N) is 2. The third-order valence-corrected chi connectivity index (χ3v) is 5.48. The lowest BCUT2D eigenvalue weighted by atomic mass is 10.1. The number of carbonyl (C=O) groups excluding carboxylic acids is 1. The van der Waals surface area contributed by atoms with Gasteiger partial charge in [0.05, 0.1) is 5.25 Å². The summed E-state index contributed by atoms with van der Waals surface area (Å²) in [5.41, 5.74) is -0.593. The van der Waals surface area contributed by atoms with Crippen molar-refractivity contribution in [2.24, 2.45) is 0 Å². The molecular formula is C15H22N2O4S. The number of hydrogen-bond acceptors (Lipinski definition) is 5. The molecule has 1 aromatic heterocycles. The van der Waals surface area contributed by atoms with Crippen LogP contribution in [0.5, 0.6) is 0 Å². The summed E-state index contributed by atoms with van der Waals surface area (Å²) in [7, 11) is -3.53. The van der Waals surface area contributed by atoms with Crippen molar-refractivity contribution in [3.63, 3.8) is 0 Å². The Morgan fingerprint density at radius 2 is 2.09 bits per heavy atom. The van der Waals surface area contributed by atoms with E-state index < -0.39 is 26.8 Å². The van der Waals surface area contributed by atoms with Crippen molar-refractivity contribution < 1.29 is 17.9 Å². The van der Waals surface area contributed by atoms with Gasteiger partial charge in [-0.05, 0) is 45.7 Å². The van der Waals surface area contributed by atoms with Crippen molar-refractivity contribution in [2.45, 2.75) is 49.5 Å². The van der Waals surface area contributed by atoms with Crippen molar-refractivity contribution in [3.8, 4) is 0 Å². The van der Waals surface area contributed by atoms with E-state index in [-0.39, 0.29) is 11.6 Å². The topological polar surface area (TPSA) is 76.6 Å². The van der Waals surface area contributed by atoms with E-state index in [1.807, 2.05) is 0 Å². The summed E-state index contributed by atoms with van der Waals surface area (Å²) in [6.45, 7) is 6.03. The van der Waals surface area contributed by atoms with Crippen LogP contribution in [0, 0.1) is 0 Å². The van der Waals surface area contributed by atoms with Crippen LogP contribution in [-0.4, -0.2) is 48.3 Å². The number of carbonyl (C=O) groups is 1. The van der Waals surface area contributed by atoms with Crippen LogP contribution < -0.4 is 0 Å². The highest BCUT2D eigenvalue weighted by Gasteiger charge is 2.35. The number of sulfone groups is 1. The van der Waals surface area contributed by atoms with E-state index in [0.717, 1.165) is 0 Å². The molecule has 1 aliphatic rings. The maximum Gasteiger partial charge on any atom is 0.410 e. The number of aromatic nitrogens is 1. The molecule has 1 aromatic rings. The molecule has 6 nitrogen and oxygen atoms in total. The van der Waals surface area contributed by atoms with Crippen LogP contribution in [0.3, 0.4) is 0 Å². The quantitative estimate of drug-likeness (QED) is 0.833. The van der Waals surface area contributed by atoms with Crippen molar-refractivity contribution in [1.29, 1.82) is 0 Å². The number of ether oxygens (including phenoxy) is 1. The van der Waals surface area contributed by atoms with Crippen LogP contribution in [0.15, 0.2) is 29.4 Å². The molecule has 2 rings (SSSR count). The van der Waals surface area contributed by atoms with Gasteiger partial charge >= 0.3 is 6.09 Å². The third-order valence-electron chi connectivity index (χ3n) is 3.40. The lowest BCUT2D eigenvalue weighted by molar-refractivity contribution is 0.0219. The van der Waals surface area contributed by atoms with E-state index in [2.05, 4.69) is 4.98 Å². The minimum Gasteiger partial charge on any atom is -0.444 e. The van der Waals surface area contributed by atoms with Crippen molar-refractivity contribution in [2.75, 3.05) is 13.1 Å². The predicted molar refractivity (Wildman–Crippen MR) is 82.3 cm³/mol. The SMILES string of the molecule is CC(C)(C)OC(=O)N1CCC[C@@H](S(=O)(=O)c2ccccn2)C1. The number of pyridine rings is 1. The van der Waals surface area contributed by atoms with Gasteiger partial charge in [0.2, 0.25) is 0 Å². The summed E-state index contributed by atoms with van der Waals surface area (Å²) in [5.74, 6) is 0. The van der Waals surface area contributed by atoms with Gasteiger partial charge in [0, 0.05) is 19.3 Å². The van der Waals surface area contributed by atoms with Gasteiger partial charge in [-0.15, -0.1) is 0 Å². The maximum absolute atomic E-state index is 12.6. The van der Waals surface area contributed by atoms with Crippen molar-refractivity contribution >= 4 is 15.9 Å². The van der Waals surface area contributed by atoms with Crippen LogP contribution in [0.25, 0.3) is 0 Å². The number of amides is 1. The fraction of sp³-hybridized carbons (Fsp3) is 0.600. The molecular weight excluding hydrogens is 304 g/mol. The standard InChI is InChI=1S/C15H22N2O4S/c1-15(2,3)21-14(18)17-10-6-7-12(11-17)22(19,20)13-8-4-5-9-16-13/h4-5,8-9,12H,6-7,10-11H2,1-3H3/t12-/m1/s1. The van der Waals surface area contributed by atoms with Gasteiger partial charge in [-0.3, -0.25) is 0 Å². The molecule has 0 unspecified atom stereocenters. The van der Waals surface area contributed by atoms with E-state index in [0.29, 0.717) is 19.4 Å². The molecule has 122 valence electrons. The van der Waals surface area contributed by atoms with E-state index in [1.54, 1.807) is 32.9 Å².